The first kappa shape index (κ1) is 12.6. The summed E-state index contributed by atoms with van der Waals surface area (Å²) in [4.78, 5) is 0. The topological polar surface area (TPSA) is 61.0 Å². The molecule has 0 aliphatic carbocycles. The number of hydrogen-bond acceptors (Lipinski definition) is 5. The highest BCUT2D eigenvalue weighted by molar-refractivity contribution is 7.18. The molecule has 1 fully saturated rings. The van der Waals surface area contributed by atoms with Crippen molar-refractivity contribution in [3.05, 3.63) is 29.8 Å². The minimum atomic E-state index is 0.386. The van der Waals surface area contributed by atoms with Crippen molar-refractivity contribution in [1.29, 1.82) is 0 Å². The fourth-order valence-electron chi connectivity index (χ4n) is 2.37. The Kier molecular flexibility index (Phi) is 3.75. The Morgan fingerprint density at radius 3 is 2.68 bits per heavy atom. The van der Waals surface area contributed by atoms with Crippen LogP contribution in [0, 0.1) is 0 Å². The van der Waals surface area contributed by atoms with Crippen LogP contribution in [0.5, 0.6) is 0 Å². The van der Waals surface area contributed by atoms with E-state index in [4.69, 9.17) is 10.5 Å². The Morgan fingerprint density at radius 2 is 2.05 bits per heavy atom. The van der Waals surface area contributed by atoms with E-state index in [1.54, 1.807) is 0 Å². The largest absolute Gasteiger partial charge is 0.378 e. The number of nitrogens with two attached hydrogens (primary N) is 1. The molecule has 0 saturated carbocycles. The first-order chi connectivity index (χ1) is 9.31. The van der Waals surface area contributed by atoms with Crippen molar-refractivity contribution < 1.29 is 4.74 Å². The zero-order chi connectivity index (χ0) is 13.1. The van der Waals surface area contributed by atoms with Gasteiger partial charge in [-0.15, -0.1) is 10.2 Å². The zero-order valence-electron chi connectivity index (χ0n) is 10.7. The Bertz CT molecular complexity index is 532. The van der Waals surface area contributed by atoms with Crippen LogP contribution in [0.2, 0.25) is 0 Å². The first-order valence-corrected chi connectivity index (χ1v) is 7.43. The van der Waals surface area contributed by atoms with Gasteiger partial charge >= 0.3 is 0 Å². The maximum absolute atomic E-state index is 5.76. The summed E-state index contributed by atoms with van der Waals surface area (Å²) in [6.07, 6.45) is 5.05. The van der Waals surface area contributed by atoms with Crippen LogP contribution >= 0.6 is 11.3 Å². The molecular weight excluding hydrogens is 258 g/mol. The van der Waals surface area contributed by atoms with Crippen LogP contribution in [0.1, 0.15) is 24.8 Å². The number of rotatable bonds is 3. The number of hydrogen-bond donors (Lipinski definition) is 1. The lowest BCUT2D eigenvalue weighted by atomic mass is 10.0. The Balaban J connectivity index is 1.68. The molecular formula is C14H17N3OS. The lowest BCUT2D eigenvalue weighted by Gasteiger charge is -2.22. The highest BCUT2D eigenvalue weighted by Crippen LogP contribution is 2.25. The van der Waals surface area contributed by atoms with E-state index in [1.807, 2.05) is 0 Å². The summed E-state index contributed by atoms with van der Waals surface area (Å²) in [5.74, 6) is 0. The van der Waals surface area contributed by atoms with Gasteiger partial charge in [0.1, 0.15) is 5.01 Å². The molecule has 2 N–H and O–H groups in total. The molecule has 0 spiro atoms. The van der Waals surface area contributed by atoms with Crippen LogP contribution < -0.4 is 5.73 Å². The quantitative estimate of drug-likeness (QED) is 0.935. The van der Waals surface area contributed by atoms with Gasteiger partial charge in [-0.3, -0.25) is 0 Å². The van der Waals surface area contributed by atoms with E-state index in [-0.39, 0.29) is 0 Å². The fourth-order valence-corrected chi connectivity index (χ4v) is 2.98. The van der Waals surface area contributed by atoms with E-state index in [1.165, 1.54) is 36.2 Å². The molecule has 100 valence electrons. The summed E-state index contributed by atoms with van der Waals surface area (Å²) in [5, 5.41) is 9.27. The van der Waals surface area contributed by atoms with Crippen LogP contribution in [-0.2, 0) is 11.2 Å². The normalized spacial score (nSPS) is 19.5. The third-order valence-corrected chi connectivity index (χ3v) is 4.18. The molecule has 0 radical (unpaired) electrons. The molecule has 5 heteroatoms. The summed E-state index contributed by atoms with van der Waals surface area (Å²) in [6, 6.07) is 8.45. The highest BCUT2D eigenvalue weighted by atomic mass is 32.1. The molecule has 1 unspecified atom stereocenters. The van der Waals surface area contributed by atoms with E-state index < -0.39 is 0 Å². The monoisotopic (exact) mass is 275 g/mol. The molecule has 19 heavy (non-hydrogen) atoms. The van der Waals surface area contributed by atoms with Gasteiger partial charge in [0.15, 0.2) is 0 Å². The maximum atomic E-state index is 5.76. The van der Waals surface area contributed by atoms with Gasteiger partial charge in [0, 0.05) is 12.2 Å². The van der Waals surface area contributed by atoms with Gasteiger partial charge in [0.2, 0.25) is 5.13 Å². The number of aromatic nitrogens is 2. The van der Waals surface area contributed by atoms with Crippen molar-refractivity contribution in [3.8, 4) is 10.6 Å². The van der Waals surface area contributed by atoms with Gasteiger partial charge in [0.05, 0.1) is 6.10 Å². The Labute approximate surface area is 116 Å². The molecule has 1 aromatic carbocycles. The van der Waals surface area contributed by atoms with Crippen molar-refractivity contribution in [1.82, 2.24) is 10.2 Å². The highest BCUT2D eigenvalue weighted by Gasteiger charge is 2.14. The second-order valence-corrected chi connectivity index (χ2v) is 5.84. The van der Waals surface area contributed by atoms with Crippen LogP contribution in [-0.4, -0.2) is 22.9 Å². The van der Waals surface area contributed by atoms with E-state index in [2.05, 4.69) is 34.5 Å². The third kappa shape index (κ3) is 3.11. The fraction of sp³-hybridized carbons (Fsp3) is 0.429. The van der Waals surface area contributed by atoms with Crippen LogP contribution in [0.4, 0.5) is 5.13 Å². The minimum absolute atomic E-state index is 0.386. The number of ether oxygens (including phenoxy) is 1. The van der Waals surface area contributed by atoms with Crippen LogP contribution in [0.3, 0.4) is 0 Å². The van der Waals surface area contributed by atoms with Crippen LogP contribution in [0.15, 0.2) is 24.3 Å². The number of nitrogens with zero attached hydrogens (tertiary/aromatic N) is 2. The second-order valence-electron chi connectivity index (χ2n) is 4.84. The molecule has 0 bridgehead atoms. The average Bonchev–Trinajstić information content (AvgIpc) is 2.87. The van der Waals surface area contributed by atoms with E-state index >= 15 is 0 Å². The lowest BCUT2D eigenvalue weighted by molar-refractivity contribution is 0.0168. The van der Waals surface area contributed by atoms with E-state index in [0.717, 1.165) is 23.6 Å². The third-order valence-electron chi connectivity index (χ3n) is 3.38. The average molecular weight is 275 g/mol. The van der Waals surface area contributed by atoms with Gasteiger partial charge in [-0.1, -0.05) is 35.6 Å². The van der Waals surface area contributed by atoms with E-state index in [9.17, 15) is 0 Å². The molecule has 4 nitrogen and oxygen atoms in total. The van der Waals surface area contributed by atoms with Gasteiger partial charge in [0.25, 0.3) is 0 Å². The molecule has 2 heterocycles. The number of anilines is 1. The van der Waals surface area contributed by atoms with Crippen molar-refractivity contribution >= 4 is 16.5 Å². The molecule has 1 atom stereocenters. The summed E-state index contributed by atoms with van der Waals surface area (Å²) in [7, 11) is 0. The summed E-state index contributed by atoms with van der Waals surface area (Å²) < 4.78 is 5.76. The van der Waals surface area contributed by atoms with E-state index in [0.29, 0.717) is 11.2 Å². The first-order valence-electron chi connectivity index (χ1n) is 6.61. The van der Waals surface area contributed by atoms with Crippen LogP contribution in [0.25, 0.3) is 10.6 Å². The molecule has 1 aliphatic heterocycles. The summed E-state index contributed by atoms with van der Waals surface area (Å²) in [5.41, 5.74) is 7.98. The van der Waals surface area contributed by atoms with Crippen molar-refractivity contribution in [3.63, 3.8) is 0 Å². The SMILES string of the molecule is Nc1nnc(-c2ccc(CC3CCCCO3)cc2)s1. The molecule has 1 aliphatic rings. The molecule has 3 rings (SSSR count). The summed E-state index contributed by atoms with van der Waals surface area (Å²) in [6.45, 7) is 0.910. The van der Waals surface area contributed by atoms with Crippen molar-refractivity contribution in [2.45, 2.75) is 31.8 Å². The van der Waals surface area contributed by atoms with Crippen molar-refractivity contribution in [2.75, 3.05) is 12.3 Å². The molecule has 2 aromatic rings. The zero-order valence-corrected chi connectivity index (χ0v) is 11.5. The Morgan fingerprint density at radius 1 is 1.21 bits per heavy atom. The number of benzene rings is 1. The van der Waals surface area contributed by atoms with Gasteiger partial charge < -0.3 is 10.5 Å². The standard InChI is InChI=1S/C14H17N3OS/c15-14-17-16-13(19-14)11-6-4-10(5-7-11)9-12-3-1-2-8-18-12/h4-7,12H,1-3,8-9H2,(H2,15,17). The number of nitrogen functional groups attached to an aromatic ring is 1. The molecule has 1 aromatic heterocycles. The maximum Gasteiger partial charge on any atom is 0.203 e. The minimum Gasteiger partial charge on any atom is -0.378 e. The molecule has 0 amide bonds. The van der Waals surface area contributed by atoms with Gasteiger partial charge in [-0.25, -0.2) is 0 Å². The second kappa shape index (κ2) is 5.67. The summed E-state index contributed by atoms with van der Waals surface area (Å²) >= 11 is 1.41. The van der Waals surface area contributed by atoms with Gasteiger partial charge in [-0.2, -0.15) is 0 Å². The van der Waals surface area contributed by atoms with Crippen molar-refractivity contribution in [2.24, 2.45) is 0 Å². The molecule has 1 saturated heterocycles. The predicted molar refractivity (Wildman–Crippen MR) is 77.1 cm³/mol. The Hall–Kier alpha value is -1.46. The van der Waals surface area contributed by atoms with Gasteiger partial charge in [-0.05, 0) is 31.2 Å². The lowest BCUT2D eigenvalue weighted by Crippen LogP contribution is -2.21. The predicted octanol–water partition coefficient (Wildman–Crippen LogP) is 2.90. The smallest absolute Gasteiger partial charge is 0.203 e.